The van der Waals surface area contributed by atoms with Gasteiger partial charge in [0.15, 0.2) is 0 Å². The minimum absolute atomic E-state index is 0.0445. The fourth-order valence-electron chi connectivity index (χ4n) is 4.51. The Morgan fingerprint density at radius 2 is 1.60 bits per heavy atom. The average Bonchev–Trinajstić information content (AvgIpc) is 3.58. The zero-order valence-electron chi connectivity index (χ0n) is 18.7. The molecule has 1 saturated carbocycles. The Morgan fingerprint density at radius 1 is 0.971 bits per heavy atom. The summed E-state index contributed by atoms with van der Waals surface area (Å²) in [6.07, 6.45) is 0.405. The van der Waals surface area contributed by atoms with Crippen LogP contribution in [0.4, 0.5) is 10.5 Å². The van der Waals surface area contributed by atoms with Gasteiger partial charge in [-0.1, -0.05) is 60.1 Å². The molecule has 7 nitrogen and oxygen atoms in total. The van der Waals surface area contributed by atoms with Crippen molar-refractivity contribution in [3.8, 4) is 11.1 Å². The number of benzene rings is 3. The van der Waals surface area contributed by atoms with E-state index in [1.807, 2.05) is 36.4 Å². The van der Waals surface area contributed by atoms with Crippen LogP contribution in [0.3, 0.4) is 0 Å². The number of hydrogen-bond acceptors (Lipinski definition) is 4. The monoisotopic (exact) mass is 490 g/mol. The Balaban J connectivity index is 1.23. The normalized spacial score (nSPS) is 15.0. The number of anilines is 1. The Hall–Kier alpha value is -3.84. The molecule has 2 amide bonds. The van der Waals surface area contributed by atoms with Crippen LogP contribution >= 0.6 is 11.6 Å². The Kier molecular flexibility index (Phi) is 5.94. The molecule has 5 rings (SSSR count). The lowest BCUT2D eigenvalue weighted by molar-refractivity contribution is -0.143. The van der Waals surface area contributed by atoms with Gasteiger partial charge in [-0.3, -0.25) is 14.9 Å². The number of halogens is 1. The average molecular weight is 491 g/mol. The predicted molar refractivity (Wildman–Crippen MR) is 132 cm³/mol. The number of ether oxygens (including phenoxy) is 1. The first kappa shape index (κ1) is 22.9. The Labute approximate surface area is 207 Å². The van der Waals surface area contributed by atoms with E-state index in [4.69, 9.17) is 16.3 Å². The van der Waals surface area contributed by atoms with E-state index in [0.29, 0.717) is 18.5 Å². The number of aliphatic carboxylic acids is 1. The van der Waals surface area contributed by atoms with E-state index in [9.17, 15) is 19.5 Å². The van der Waals surface area contributed by atoms with Crippen LogP contribution in [0.15, 0.2) is 66.7 Å². The Bertz CT molecular complexity index is 1290. The molecule has 2 aliphatic carbocycles. The zero-order valence-corrected chi connectivity index (χ0v) is 19.5. The first-order chi connectivity index (χ1) is 16.9. The molecule has 0 atom stereocenters. The fourth-order valence-corrected chi connectivity index (χ4v) is 4.75. The van der Waals surface area contributed by atoms with Gasteiger partial charge in [-0.2, -0.15) is 0 Å². The third kappa shape index (κ3) is 4.59. The molecule has 8 heteroatoms. The number of nitrogens with one attached hydrogen (secondary N) is 2. The summed E-state index contributed by atoms with van der Waals surface area (Å²) < 4.78 is 5.55. The molecule has 2 aliphatic rings. The van der Waals surface area contributed by atoms with E-state index in [2.05, 4.69) is 22.8 Å². The molecule has 0 spiro atoms. The van der Waals surface area contributed by atoms with Crippen molar-refractivity contribution >= 4 is 35.3 Å². The van der Waals surface area contributed by atoms with Crippen LogP contribution in [-0.2, 0) is 9.53 Å². The maximum Gasteiger partial charge on any atom is 0.411 e. The minimum atomic E-state index is -0.915. The third-order valence-electron chi connectivity index (χ3n) is 6.64. The molecule has 0 heterocycles. The van der Waals surface area contributed by atoms with Crippen molar-refractivity contribution < 1.29 is 24.2 Å². The molecule has 0 unspecified atom stereocenters. The van der Waals surface area contributed by atoms with Gasteiger partial charge >= 0.3 is 12.1 Å². The van der Waals surface area contributed by atoms with Crippen molar-refractivity contribution in [1.29, 1.82) is 0 Å². The first-order valence-electron chi connectivity index (χ1n) is 11.3. The van der Waals surface area contributed by atoms with Gasteiger partial charge in [0, 0.05) is 28.7 Å². The number of rotatable bonds is 7. The van der Waals surface area contributed by atoms with E-state index < -0.39 is 23.4 Å². The maximum absolute atomic E-state index is 12.6. The molecule has 0 bridgehead atoms. The van der Waals surface area contributed by atoms with Gasteiger partial charge in [-0.15, -0.1) is 0 Å². The third-order valence-corrected chi connectivity index (χ3v) is 6.86. The van der Waals surface area contributed by atoms with Crippen LogP contribution < -0.4 is 10.6 Å². The van der Waals surface area contributed by atoms with E-state index in [1.54, 1.807) is 0 Å². The van der Waals surface area contributed by atoms with Gasteiger partial charge in [0.2, 0.25) is 0 Å². The highest BCUT2D eigenvalue weighted by Gasteiger charge is 2.50. The number of carbonyl (C=O) groups is 3. The lowest BCUT2D eigenvalue weighted by Gasteiger charge is -2.15. The minimum Gasteiger partial charge on any atom is -0.481 e. The van der Waals surface area contributed by atoms with Crippen molar-refractivity contribution in [2.75, 3.05) is 18.5 Å². The van der Waals surface area contributed by atoms with E-state index in [0.717, 1.165) is 22.3 Å². The van der Waals surface area contributed by atoms with Crippen molar-refractivity contribution in [3.63, 3.8) is 0 Å². The lowest BCUT2D eigenvalue weighted by Crippen LogP contribution is -2.34. The van der Waals surface area contributed by atoms with Crippen molar-refractivity contribution in [3.05, 3.63) is 88.4 Å². The van der Waals surface area contributed by atoms with E-state index >= 15 is 0 Å². The summed E-state index contributed by atoms with van der Waals surface area (Å²) >= 11 is 6.16. The van der Waals surface area contributed by atoms with Gasteiger partial charge in [-0.05, 0) is 53.3 Å². The smallest absolute Gasteiger partial charge is 0.411 e. The van der Waals surface area contributed by atoms with Crippen LogP contribution in [0.25, 0.3) is 11.1 Å². The molecule has 0 saturated heterocycles. The lowest BCUT2D eigenvalue weighted by atomic mass is 9.98. The molecule has 3 aromatic rings. The summed E-state index contributed by atoms with van der Waals surface area (Å²) in [5.74, 6) is -1.45. The number of carboxylic acid groups (broad SMARTS) is 1. The topological polar surface area (TPSA) is 105 Å². The van der Waals surface area contributed by atoms with Gasteiger partial charge < -0.3 is 15.2 Å². The van der Waals surface area contributed by atoms with Gasteiger partial charge in [0.1, 0.15) is 6.61 Å². The standard InChI is InChI=1S/C27H23ClN2O5/c28-17-11-16(24(31)29-15-27(9-10-27)25(32)33)12-18(13-17)30-26(34)35-14-23-21-7-3-1-5-19(21)20-6-2-4-8-22(20)23/h1-8,11-13,23H,9-10,14-15H2,(H,29,31)(H,30,34)(H,32,33). The molecular formula is C27H23ClN2O5. The SMILES string of the molecule is O=C(Nc1cc(Cl)cc(C(=O)NCC2(C(=O)O)CC2)c1)OCC1c2ccccc2-c2ccccc21. The number of carboxylic acids is 1. The van der Waals surface area contributed by atoms with Crippen LogP contribution in [0.5, 0.6) is 0 Å². The molecule has 0 aromatic heterocycles. The second-order valence-electron chi connectivity index (χ2n) is 8.95. The molecule has 3 N–H and O–H groups in total. The highest BCUT2D eigenvalue weighted by molar-refractivity contribution is 6.31. The first-order valence-corrected chi connectivity index (χ1v) is 11.7. The summed E-state index contributed by atoms with van der Waals surface area (Å²) in [5, 5.41) is 14.8. The van der Waals surface area contributed by atoms with Crippen molar-refractivity contribution in [2.45, 2.75) is 18.8 Å². The second-order valence-corrected chi connectivity index (χ2v) is 9.38. The van der Waals surface area contributed by atoms with Crippen molar-refractivity contribution in [1.82, 2.24) is 5.32 Å². The van der Waals surface area contributed by atoms with Crippen molar-refractivity contribution in [2.24, 2.45) is 5.41 Å². The Morgan fingerprint density at radius 3 is 2.20 bits per heavy atom. The quantitative estimate of drug-likeness (QED) is 0.417. The molecular weight excluding hydrogens is 468 g/mol. The van der Waals surface area contributed by atoms with Gasteiger partial charge in [-0.25, -0.2) is 4.79 Å². The fraction of sp³-hybridized carbons (Fsp3) is 0.222. The molecule has 178 valence electrons. The largest absolute Gasteiger partial charge is 0.481 e. The van der Waals surface area contributed by atoms with Gasteiger partial charge in [0.25, 0.3) is 5.91 Å². The summed E-state index contributed by atoms with van der Waals surface area (Å²) in [4.78, 5) is 36.5. The van der Waals surface area contributed by atoms with Gasteiger partial charge in [0.05, 0.1) is 5.41 Å². The summed E-state index contributed by atoms with van der Waals surface area (Å²) in [6.45, 7) is 0.202. The number of amides is 2. The molecule has 3 aromatic carbocycles. The molecule has 0 radical (unpaired) electrons. The highest BCUT2D eigenvalue weighted by Crippen LogP contribution is 2.45. The molecule has 0 aliphatic heterocycles. The number of fused-ring (bicyclic) bond motifs is 3. The predicted octanol–water partition coefficient (Wildman–Crippen LogP) is 5.30. The molecule has 35 heavy (non-hydrogen) atoms. The zero-order chi connectivity index (χ0) is 24.6. The number of hydrogen-bond donors (Lipinski definition) is 3. The summed E-state index contributed by atoms with van der Waals surface area (Å²) in [7, 11) is 0. The maximum atomic E-state index is 12.6. The van der Waals surface area contributed by atoms with Crippen LogP contribution in [0.2, 0.25) is 5.02 Å². The van der Waals surface area contributed by atoms with Crippen LogP contribution in [0, 0.1) is 5.41 Å². The number of carbonyl (C=O) groups excluding carboxylic acids is 2. The summed E-state index contributed by atoms with van der Waals surface area (Å²) in [6, 6.07) is 20.6. The van der Waals surface area contributed by atoms with Crippen LogP contribution in [0.1, 0.15) is 40.2 Å². The highest BCUT2D eigenvalue weighted by atomic mass is 35.5. The summed E-state index contributed by atoms with van der Waals surface area (Å²) in [5.41, 5.74) is 4.14. The second kappa shape index (κ2) is 9.07. The van der Waals surface area contributed by atoms with Crippen LogP contribution in [-0.4, -0.2) is 36.2 Å². The van der Waals surface area contributed by atoms with E-state index in [-0.39, 0.29) is 29.7 Å². The molecule has 1 fully saturated rings. The van der Waals surface area contributed by atoms with E-state index in [1.165, 1.54) is 18.2 Å².